The quantitative estimate of drug-likeness (QED) is 0.565. The van der Waals surface area contributed by atoms with Crippen LogP contribution in [0.1, 0.15) is 13.3 Å². The van der Waals surface area contributed by atoms with Gasteiger partial charge >= 0.3 is 0 Å². The second-order valence-electron chi connectivity index (χ2n) is 2.63. The Balaban J connectivity index is 2.31. The predicted octanol–water partition coefficient (Wildman–Crippen LogP) is 2.93. The van der Waals surface area contributed by atoms with E-state index in [1.807, 2.05) is 24.8 Å². The Morgan fingerprint density at radius 2 is 2.55 bits per heavy atom. The summed E-state index contributed by atoms with van der Waals surface area (Å²) in [5, 5.41) is 2.52. The van der Waals surface area contributed by atoms with Crippen LogP contribution in [0.2, 0.25) is 0 Å². The van der Waals surface area contributed by atoms with E-state index < -0.39 is 0 Å². The SMILES string of the molecule is CC1=NC2=CC(Cl)=CCC2S1. The van der Waals surface area contributed by atoms with Gasteiger partial charge < -0.3 is 0 Å². The van der Waals surface area contributed by atoms with Crippen molar-refractivity contribution in [3.63, 3.8) is 0 Å². The van der Waals surface area contributed by atoms with Gasteiger partial charge in [0.05, 0.1) is 16.0 Å². The van der Waals surface area contributed by atoms with Crippen LogP contribution in [0.5, 0.6) is 0 Å². The first-order chi connectivity index (χ1) is 5.25. The van der Waals surface area contributed by atoms with Crippen LogP contribution in [-0.4, -0.2) is 10.3 Å². The molecule has 0 spiro atoms. The smallest absolute Gasteiger partial charge is 0.0710 e. The molecular formula is C8H8ClNS. The number of allylic oxidation sites excluding steroid dienone is 3. The summed E-state index contributed by atoms with van der Waals surface area (Å²) in [5.41, 5.74) is 1.14. The van der Waals surface area contributed by atoms with Crippen LogP contribution in [0.25, 0.3) is 0 Å². The summed E-state index contributed by atoms with van der Waals surface area (Å²) in [4.78, 5) is 4.38. The molecule has 3 heteroatoms. The van der Waals surface area contributed by atoms with Gasteiger partial charge in [0.15, 0.2) is 0 Å². The molecule has 2 aliphatic rings. The minimum Gasteiger partial charge on any atom is -0.250 e. The van der Waals surface area contributed by atoms with E-state index in [-0.39, 0.29) is 0 Å². The first-order valence-electron chi connectivity index (χ1n) is 3.55. The molecule has 11 heavy (non-hydrogen) atoms. The lowest BCUT2D eigenvalue weighted by Gasteiger charge is -2.10. The largest absolute Gasteiger partial charge is 0.250 e. The van der Waals surface area contributed by atoms with Gasteiger partial charge in [0.25, 0.3) is 0 Å². The van der Waals surface area contributed by atoms with E-state index in [0.717, 1.165) is 22.2 Å². The molecule has 1 heterocycles. The van der Waals surface area contributed by atoms with Crippen molar-refractivity contribution in [2.24, 2.45) is 4.99 Å². The summed E-state index contributed by atoms with van der Waals surface area (Å²) >= 11 is 7.67. The van der Waals surface area contributed by atoms with Crippen molar-refractivity contribution in [2.75, 3.05) is 0 Å². The van der Waals surface area contributed by atoms with Crippen molar-refractivity contribution >= 4 is 28.4 Å². The maximum absolute atomic E-state index is 5.84. The number of hydrogen-bond donors (Lipinski definition) is 0. The van der Waals surface area contributed by atoms with Crippen molar-refractivity contribution in [3.8, 4) is 0 Å². The minimum atomic E-state index is 0.539. The Labute approximate surface area is 75.2 Å². The summed E-state index contributed by atoms with van der Waals surface area (Å²) in [6, 6.07) is 0. The highest BCUT2D eigenvalue weighted by atomic mass is 35.5. The van der Waals surface area contributed by atoms with Gasteiger partial charge in [-0.1, -0.05) is 17.7 Å². The molecule has 1 unspecified atom stereocenters. The zero-order valence-corrected chi connectivity index (χ0v) is 7.75. The number of thioether (sulfide) groups is 1. The molecule has 0 aromatic heterocycles. The highest BCUT2D eigenvalue weighted by Crippen LogP contribution is 2.36. The fourth-order valence-corrected chi connectivity index (χ4v) is 2.46. The third-order valence-electron chi connectivity index (χ3n) is 1.74. The maximum Gasteiger partial charge on any atom is 0.0710 e. The Kier molecular flexibility index (Phi) is 1.81. The van der Waals surface area contributed by atoms with Crippen LogP contribution >= 0.6 is 23.4 Å². The van der Waals surface area contributed by atoms with E-state index in [0.29, 0.717) is 5.25 Å². The van der Waals surface area contributed by atoms with Crippen LogP contribution in [-0.2, 0) is 0 Å². The third kappa shape index (κ3) is 1.37. The number of hydrogen-bond acceptors (Lipinski definition) is 2. The molecular weight excluding hydrogens is 178 g/mol. The summed E-state index contributed by atoms with van der Waals surface area (Å²) < 4.78 is 0. The highest BCUT2D eigenvalue weighted by molar-refractivity contribution is 8.14. The zero-order valence-electron chi connectivity index (χ0n) is 6.17. The molecule has 1 atom stereocenters. The number of rotatable bonds is 0. The van der Waals surface area contributed by atoms with E-state index in [9.17, 15) is 0 Å². The molecule has 1 aliphatic heterocycles. The third-order valence-corrected chi connectivity index (χ3v) is 3.16. The molecule has 58 valence electrons. The molecule has 0 fully saturated rings. The zero-order chi connectivity index (χ0) is 7.84. The Morgan fingerprint density at radius 1 is 1.73 bits per heavy atom. The molecule has 0 saturated carbocycles. The van der Waals surface area contributed by atoms with Gasteiger partial charge in [-0.15, -0.1) is 11.8 Å². The number of nitrogens with zero attached hydrogens (tertiary/aromatic N) is 1. The van der Waals surface area contributed by atoms with E-state index in [1.54, 1.807) is 0 Å². The highest BCUT2D eigenvalue weighted by Gasteiger charge is 2.23. The topological polar surface area (TPSA) is 12.4 Å². The lowest BCUT2D eigenvalue weighted by atomic mass is 10.1. The van der Waals surface area contributed by atoms with E-state index >= 15 is 0 Å². The van der Waals surface area contributed by atoms with Crippen molar-refractivity contribution < 1.29 is 0 Å². The second-order valence-corrected chi connectivity index (χ2v) is 4.46. The summed E-state index contributed by atoms with van der Waals surface area (Å²) in [7, 11) is 0. The van der Waals surface area contributed by atoms with Gasteiger partial charge in [0.2, 0.25) is 0 Å². The Morgan fingerprint density at radius 3 is 3.36 bits per heavy atom. The van der Waals surface area contributed by atoms with Crippen LogP contribution < -0.4 is 0 Å². The summed E-state index contributed by atoms with van der Waals surface area (Å²) in [6.45, 7) is 2.04. The fourth-order valence-electron chi connectivity index (χ4n) is 1.26. The Bertz CT molecular complexity index is 278. The minimum absolute atomic E-state index is 0.539. The van der Waals surface area contributed by atoms with Gasteiger partial charge in [0.1, 0.15) is 0 Å². The molecule has 2 rings (SSSR count). The fraction of sp³-hybridized carbons (Fsp3) is 0.375. The number of halogens is 1. The first kappa shape index (κ1) is 7.44. The first-order valence-corrected chi connectivity index (χ1v) is 4.80. The average molecular weight is 186 g/mol. The second kappa shape index (κ2) is 2.68. The van der Waals surface area contributed by atoms with Crippen molar-refractivity contribution in [2.45, 2.75) is 18.6 Å². The standard InChI is InChI=1S/C8H8ClNS/c1-5-10-7-4-6(9)2-3-8(7)11-5/h2,4,8H,3H2,1H3. The Hall–Kier alpha value is -0.210. The molecule has 0 radical (unpaired) electrons. The normalized spacial score (nSPS) is 28.9. The van der Waals surface area contributed by atoms with Gasteiger partial charge in [-0.2, -0.15) is 0 Å². The molecule has 0 N–H and O–H groups in total. The van der Waals surface area contributed by atoms with Crippen molar-refractivity contribution in [1.82, 2.24) is 0 Å². The average Bonchev–Trinajstić information content (AvgIpc) is 2.27. The van der Waals surface area contributed by atoms with Gasteiger partial charge in [-0.25, -0.2) is 0 Å². The molecule has 0 saturated heterocycles. The monoisotopic (exact) mass is 185 g/mol. The van der Waals surface area contributed by atoms with E-state index in [2.05, 4.69) is 11.1 Å². The van der Waals surface area contributed by atoms with Crippen LogP contribution in [0, 0.1) is 0 Å². The molecule has 1 nitrogen and oxygen atoms in total. The lowest BCUT2D eigenvalue weighted by molar-refractivity contribution is 0.977. The molecule has 1 aliphatic carbocycles. The van der Waals surface area contributed by atoms with E-state index in [1.165, 1.54) is 0 Å². The van der Waals surface area contributed by atoms with Crippen LogP contribution in [0.15, 0.2) is 27.9 Å². The van der Waals surface area contributed by atoms with Crippen molar-refractivity contribution in [1.29, 1.82) is 0 Å². The van der Waals surface area contributed by atoms with Crippen LogP contribution in [0.3, 0.4) is 0 Å². The maximum atomic E-state index is 5.84. The molecule has 0 aromatic carbocycles. The number of fused-ring (bicyclic) bond motifs is 1. The molecule has 0 bridgehead atoms. The number of aliphatic imine (C=N–C) groups is 1. The summed E-state index contributed by atoms with van der Waals surface area (Å²) in [5.74, 6) is 0. The van der Waals surface area contributed by atoms with Gasteiger partial charge in [-0.3, -0.25) is 4.99 Å². The molecule has 0 aromatic rings. The lowest BCUT2D eigenvalue weighted by Crippen LogP contribution is -2.02. The van der Waals surface area contributed by atoms with Crippen LogP contribution in [0.4, 0.5) is 0 Å². The van der Waals surface area contributed by atoms with Crippen molar-refractivity contribution in [3.05, 3.63) is 22.9 Å². The van der Waals surface area contributed by atoms with E-state index in [4.69, 9.17) is 11.6 Å². The predicted molar refractivity (Wildman–Crippen MR) is 51.1 cm³/mol. The molecule has 0 amide bonds. The summed E-state index contributed by atoms with van der Waals surface area (Å²) in [6.07, 6.45) is 5.03. The van der Waals surface area contributed by atoms with Gasteiger partial charge in [0, 0.05) is 5.03 Å². The van der Waals surface area contributed by atoms with Gasteiger partial charge in [-0.05, 0) is 19.4 Å².